The molecule has 7 heteroatoms. The molecular weight excluding hydrogens is 420 g/mol. The van der Waals surface area contributed by atoms with E-state index in [2.05, 4.69) is 5.10 Å². The lowest BCUT2D eigenvalue weighted by molar-refractivity contribution is 0.375. The van der Waals surface area contributed by atoms with E-state index in [1.54, 1.807) is 4.68 Å². The fraction of sp³-hybridized carbons (Fsp3) is 0.120. The SMILES string of the molecule is CS(=O)(=O)N1N=C(c2ccccc2)CC1c1cn(-c2ccccc2)nc1-c1ccccc1. The molecule has 1 atom stereocenters. The van der Waals surface area contributed by atoms with Crippen molar-refractivity contribution in [1.29, 1.82) is 0 Å². The molecule has 160 valence electrons. The van der Waals surface area contributed by atoms with Gasteiger partial charge in [0.25, 0.3) is 0 Å². The van der Waals surface area contributed by atoms with Gasteiger partial charge in [0.15, 0.2) is 0 Å². The van der Waals surface area contributed by atoms with Crippen LogP contribution in [0.15, 0.2) is 102 Å². The Morgan fingerprint density at radius 2 is 1.38 bits per heavy atom. The van der Waals surface area contributed by atoms with Crippen LogP contribution in [0.25, 0.3) is 16.9 Å². The molecule has 6 nitrogen and oxygen atoms in total. The van der Waals surface area contributed by atoms with E-state index in [1.165, 1.54) is 10.7 Å². The number of hydrogen-bond acceptors (Lipinski definition) is 4. The normalized spacial score (nSPS) is 16.2. The van der Waals surface area contributed by atoms with E-state index in [0.717, 1.165) is 33.8 Å². The first-order valence-corrected chi connectivity index (χ1v) is 12.2. The molecule has 0 N–H and O–H groups in total. The predicted molar refractivity (Wildman–Crippen MR) is 126 cm³/mol. The lowest BCUT2D eigenvalue weighted by Crippen LogP contribution is -2.26. The zero-order valence-corrected chi connectivity index (χ0v) is 18.4. The van der Waals surface area contributed by atoms with Crippen molar-refractivity contribution in [2.75, 3.05) is 6.26 Å². The molecule has 32 heavy (non-hydrogen) atoms. The van der Waals surface area contributed by atoms with Gasteiger partial charge in [-0.2, -0.15) is 14.6 Å². The Bertz CT molecular complexity index is 1370. The fourth-order valence-electron chi connectivity index (χ4n) is 4.00. The number of sulfonamides is 1. The molecule has 0 saturated carbocycles. The van der Waals surface area contributed by atoms with Crippen molar-refractivity contribution in [1.82, 2.24) is 14.2 Å². The molecule has 0 spiro atoms. The van der Waals surface area contributed by atoms with Crippen molar-refractivity contribution in [3.63, 3.8) is 0 Å². The van der Waals surface area contributed by atoms with Gasteiger partial charge in [0.1, 0.15) is 0 Å². The van der Waals surface area contributed by atoms with Crippen LogP contribution in [0.2, 0.25) is 0 Å². The van der Waals surface area contributed by atoms with Crippen LogP contribution < -0.4 is 0 Å². The Labute approximate surface area is 187 Å². The van der Waals surface area contributed by atoms with Crippen LogP contribution in [0.1, 0.15) is 23.6 Å². The van der Waals surface area contributed by atoms with Crippen LogP contribution in [-0.2, 0) is 10.0 Å². The summed E-state index contributed by atoms with van der Waals surface area (Å²) in [5.74, 6) is 0. The Kier molecular flexibility index (Phi) is 5.11. The average molecular weight is 443 g/mol. The molecule has 2 heterocycles. The minimum Gasteiger partial charge on any atom is -0.240 e. The highest BCUT2D eigenvalue weighted by Crippen LogP contribution is 2.39. The molecule has 4 aromatic rings. The molecule has 0 aliphatic carbocycles. The molecule has 5 rings (SSSR count). The molecular formula is C25H22N4O2S. The fourth-order valence-corrected chi connectivity index (χ4v) is 4.89. The summed E-state index contributed by atoms with van der Waals surface area (Å²) in [6, 6.07) is 28.8. The van der Waals surface area contributed by atoms with Gasteiger partial charge in [0, 0.05) is 23.7 Å². The Morgan fingerprint density at radius 3 is 1.97 bits per heavy atom. The number of benzene rings is 3. The largest absolute Gasteiger partial charge is 0.247 e. The maximum Gasteiger partial charge on any atom is 0.247 e. The van der Waals surface area contributed by atoms with Gasteiger partial charge in [-0.05, 0) is 17.7 Å². The molecule has 0 amide bonds. The summed E-state index contributed by atoms with van der Waals surface area (Å²) in [5.41, 5.74) is 5.06. The standard InChI is InChI=1S/C25H22N4O2S/c1-32(30,31)29-24(17-23(26-29)19-11-5-2-6-12-19)22-18-28(21-15-9-4-10-16-21)27-25(22)20-13-7-3-8-14-20/h2-16,18,24H,17H2,1H3. The van der Waals surface area contributed by atoms with E-state index in [1.807, 2.05) is 97.2 Å². The highest BCUT2D eigenvalue weighted by molar-refractivity contribution is 7.88. The molecule has 3 aromatic carbocycles. The maximum absolute atomic E-state index is 12.7. The summed E-state index contributed by atoms with van der Waals surface area (Å²) in [6.07, 6.45) is 3.59. The third-order valence-electron chi connectivity index (χ3n) is 5.49. The lowest BCUT2D eigenvalue weighted by Gasteiger charge is -2.21. The molecule has 1 aliphatic heterocycles. The van der Waals surface area contributed by atoms with Crippen LogP contribution >= 0.6 is 0 Å². The monoisotopic (exact) mass is 442 g/mol. The molecule has 1 unspecified atom stereocenters. The van der Waals surface area contributed by atoms with Crippen LogP contribution in [-0.4, -0.2) is 34.6 Å². The van der Waals surface area contributed by atoms with Crippen molar-refractivity contribution in [2.45, 2.75) is 12.5 Å². The van der Waals surface area contributed by atoms with E-state index in [-0.39, 0.29) is 0 Å². The minimum atomic E-state index is -3.59. The van der Waals surface area contributed by atoms with E-state index < -0.39 is 16.1 Å². The smallest absolute Gasteiger partial charge is 0.240 e. The summed E-state index contributed by atoms with van der Waals surface area (Å²) in [7, 11) is -3.59. The van der Waals surface area contributed by atoms with Crippen molar-refractivity contribution in [3.05, 3.63) is 108 Å². The maximum atomic E-state index is 12.7. The lowest BCUT2D eigenvalue weighted by atomic mass is 9.97. The average Bonchev–Trinajstić information content (AvgIpc) is 3.46. The third-order valence-corrected chi connectivity index (χ3v) is 6.50. The number of hydrogen-bond donors (Lipinski definition) is 0. The first-order valence-electron chi connectivity index (χ1n) is 10.3. The van der Waals surface area contributed by atoms with Gasteiger partial charge in [-0.3, -0.25) is 0 Å². The topological polar surface area (TPSA) is 67.6 Å². The van der Waals surface area contributed by atoms with Gasteiger partial charge in [-0.15, -0.1) is 0 Å². The first-order chi connectivity index (χ1) is 15.5. The number of hydrazone groups is 1. The van der Waals surface area contributed by atoms with E-state index in [0.29, 0.717) is 6.42 Å². The number of para-hydroxylation sites is 1. The van der Waals surface area contributed by atoms with Crippen LogP contribution in [0.4, 0.5) is 0 Å². The quantitative estimate of drug-likeness (QED) is 0.452. The summed E-state index contributed by atoms with van der Waals surface area (Å²) in [5, 5.41) is 9.38. The zero-order valence-electron chi connectivity index (χ0n) is 17.5. The highest BCUT2D eigenvalue weighted by atomic mass is 32.2. The van der Waals surface area contributed by atoms with Crippen LogP contribution in [0, 0.1) is 0 Å². The van der Waals surface area contributed by atoms with Gasteiger partial charge in [0.2, 0.25) is 10.0 Å². The van der Waals surface area contributed by atoms with Crippen molar-refractivity contribution >= 4 is 15.7 Å². The Hall–Kier alpha value is -3.71. The summed E-state index contributed by atoms with van der Waals surface area (Å²) < 4.78 is 28.5. The highest BCUT2D eigenvalue weighted by Gasteiger charge is 2.37. The van der Waals surface area contributed by atoms with E-state index >= 15 is 0 Å². The molecule has 0 saturated heterocycles. The van der Waals surface area contributed by atoms with Crippen LogP contribution in [0.5, 0.6) is 0 Å². The molecule has 0 fully saturated rings. The second kappa shape index (κ2) is 8.09. The van der Waals surface area contributed by atoms with Gasteiger partial charge in [-0.1, -0.05) is 78.9 Å². The summed E-state index contributed by atoms with van der Waals surface area (Å²) >= 11 is 0. The van der Waals surface area contributed by atoms with Crippen molar-refractivity contribution in [3.8, 4) is 16.9 Å². The Morgan fingerprint density at radius 1 is 0.812 bits per heavy atom. The minimum absolute atomic E-state index is 0.470. The molecule has 1 aromatic heterocycles. The Balaban J connectivity index is 1.65. The first kappa shape index (κ1) is 20.2. The second-order valence-electron chi connectivity index (χ2n) is 7.75. The summed E-state index contributed by atoms with van der Waals surface area (Å²) in [6.45, 7) is 0. The van der Waals surface area contributed by atoms with Gasteiger partial charge in [0.05, 0.1) is 29.4 Å². The van der Waals surface area contributed by atoms with Gasteiger partial charge in [-0.25, -0.2) is 13.1 Å². The van der Waals surface area contributed by atoms with Crippen molar-refractivity contribution in [2.24, 2.45) is 5.10 Å². The predicted octanol–water partition coefficient (Wildman–Crippen LogP) is 4.65. The number of aromatic nitrogens is 2. The van der Waals surface area contributed by atoms with Gasteiger partial charge >= 0.3 is 0 Å². The molecule has 1 aliphatic rings. The molecule has 0 bridgehead atoms. The summed E-state index contributed by atoms with van der Waals surface area (Å²) in [4.78, 5) is 0. The number of nitrogens with zero attached hydrogens (tertiary/aromatic N) is 4. The van der Waals surface area contributed by atoms with E-state index in [9.17, 15) is 8.42 Å². The number of rotatable bonds is 5. The van der Waals surface area contributed by atoms with E-state index in [4.69, 9.17) is 5.10 Å². The van der Waals surface area contributed by atoms with Gasteiger partial charge < -0.3 is 0 Å². The second-order valence-corrected chi connectivity index (χ2v) is 9.59. The third kappa shape index (κ3) is 3.83. The van der Waals surface area contributed by atoms with Crippen LogP contribution in [0.3, 0.4) is 0 Å². The zero-order chi connectivity index (χ0) is 22.1. The van der Waals surface area contributed by atoms with Crippen molar-refractivity contribution < 1.29 is 8.42 Å². The molecule has 0 radical (unpaired) electrons.